The lowest BCUT2D eigenvalue weighted by molar-refractivity contribution is 0.0999. The third-order valence-electron chi connectivity index (χ3n) is 3.40. The van der Waals surface area contributed by atoms with E-state index in [4.69, 9.17) is 5.73 Å². The molecule has 0 atom stereocenters. The van der Waals surface area contributed by atoms with E-state index in [2.05, 4.69) is 4.90 Å². The number of fused-ring (bicyclic) bond motifs is 1. The average Bonchev–Trinajstić information content (AvgIpc) is 2.38. The van der Waals surface area contributed by atoms with Crippen molar-refractivity contribution in [3.05, 3.63) is 41.5 Å². The highest BCUT2D eigenvalue weighted by molar-refractivity contribution is 6.09. The molecule has 0 aliphatic carbocycles. The molecule has 0 radical (unpaired) electrons. The Morgan fingerprint density at radius 1 is 1.30 bits per heavy atom. The summed E-state index contributed by atoms with van der Waals surface area (Å²) in [6, 6.07) is 9.41. The molecule has 0 bridgehead atoms. The van der Waals surface area contributed by atoms with E-state index in [1.54, 1.807) is 6.07 Å². The van der Waals surface area contributed by atoms with E-state index in [0.717, 1.165) is 30.3 Å². The summed E-state index contributed by atoms with van der Waals surface area (Å²) in [4.78, 5) is 13.7. The number of aromatic hydroxyl groups is 1. The summed E-state index contributed by atoms with van der Waals surface area (Å²) in [5.41, 5.74) is 6.42. The van der Waals surface area contributed by atoms with E-state index in [9.17, 15) is 9.90 Å². The van der Waals surface area contributed by atoms with Gasteiger partial charge in [-0.1, -0.05) is 24.3 Å². The molecule has 0 aromatic heterocycles. The van der Waals surface area contributed by atoms with Crippen LogP contribution in [0.3, 0.4) is 0 Å². The largest absolute Gasteiger partial charge is 0.507 e. The summed E-state index contributed by atoms with van der Waals surface area (Å²) in [6.45, 7) is 0.929. The van der Waals surface area contributed by atoms with Crippen LogP contribution in [-0.4, -0.2) is 36.6 Å². The third-order valence-corrected chi connectivity index (χ3v) is 3.40. The maximum Gasteiger partial charge on any atom is 0.253 e. The van der Waals surface area contributed by atoms with Gasteiger partial charge in [0.2, 0.25) is 0 Å². The molecule has 2 aromatic rings. The van der Waals surface area contributed by atoms with Crippen LogP contribution in [-0.2, 0) is 6.42 Å². The molecule has 0 heterocycles. The fraction of sp³-hybridized carbons (Fsp3) is 0.312. The van der Waals surface area contributed by atoms with Crippen LogP contribution in [0.1, 0.15) is 22.3 Å². The molecule has 0 aliphatic rings. The van der Waals surface area contributed by atoms with Crippen LogP contribution >= 0.6 is 0 Å². The van der Waals surface area contributed by atoms with Crippen LogP contribution in [0.2, 0.25) is 0 Å². The van der Waals surface area contributed by atoms with E-state index >= 15 is 0 Å². The van der Waals surface area contributed by atoms with Crippen LogP contribution < -0.4 is 5.73 Å². The van der Waals surface area contributed by atoms with E-state index < -0.39 is 5.91 Å². The summed E-state index contributed by atoms with van der Waals surface area (Å²) in [6.07, 6.45) is 1.63. The summed E-state index contributed by atoms with van der Waals surface area (Å²) >= 11 is 0. The minimum Gasteiger partial charge on any atom is -0.507 e. The van der Waals surface area contributed by atoms with Crippen molar-refractivity contribution >= 4 is 16.7 Å². The van der Waals surface area contributed by atoms with Gasteiger partial charge >= 0.3 is 0 Å². The second-order valence-corrected chi connectivity index (χ2v) is 5.25. The lowest BCUT2D eigenvalue weighted by atomic mass is 9.96. The van der Waals surface area contributed by atoms with Crippen molar-refractivity contribution in [3.8, 4) is 5.75 Å². The standard InChI is InChI=1S/C16H20N2O2/c1-18(2)9-5-7-12-10-11-6-3-4-8-13(11)14(15(12)19)16(17)20/h3-4,6,8,10,19H,5,7,9H2,1-2H3,(H2,17,20). The Labute approximate surface area is 118 Å². The number of hydrogen-bond acceptors (Lipinski definition) is 3. The second-order valence-electron chi connectivity index (χ2n) is 5.25. The number of benzene rings is 2. The molecule has 2 rings (SSSR count). The quantitative estimate of drug-likeness (QED) is 0.876. The molecule has 0 spiro atoms. The van der Waals surface area contributed by atoms with Crippen molar-refractivity contribution < 1.29 is 9.90 Å². The molecule has 4 nitrogen and oxygen atoms in total. The first-order valence-electron chi connectivity index (χ1n) is 6.69. The van der Waals surface area contributed by atoms with Crippen molar-refractivity contribution in [2.24, 2.45) is 5.73 Å². The lowest BCUT2D eigenvalue weighted by Gasteiger charge is -2.13. The van der Waals surface area contributed by atoms with Crippen LogP contribution in [0.5, 0.6) is 5.75 Å². The minimum atomic E-state index is -0.590. The Morgan fingerprint density at radius 2 is 2.00 bits per heavy atom. The number of carbonyl (C=O) groups is 1. The minimum absolute atomic E-state index is 0.0231. The number of aryl methyl sites for hydroxylation is 1. The topological polar surface area (TPSA) is 66.6 Å². The molecule has 0 saturated heterocycles. The molecular formula is C16H20N2O2. The van der Waals surface area contributed by atoms with Crippen LogP contribution in [0.15, 0.2) is 30.3 Å². The number of phenols is 1. The maximum atomic E-state index is 11.6. The first-order chi connectivity index (χ1) is 9.50. The Balaban J connectivity index is 2.45. The molecule has 1 amide bonds. The van der Waals surface area contributed by atoms with Gasteiger partial charge in [-0.25, -0.2) is 0 Å². The molecule has 3 N–H and O–H groups in total. The van der Waals surface area contributed by atoms with E-state index in [0.29, 0.717) is 5.39 Å². The molecule has 0 unspecified atom stereocenters. The van der Waals surface area contributed by atoms with Gasteiger partial charge in [0.05, 0.1) is 5.56 Å². The maximum absolute atomic E-state index is 11.6. The smallest absolute Gasteiger partial charge is 0.253 e. The molecule has 0 saturated carbocycles. The Hall–Kier alpha value is -2.07. The zero-order valence-electron chi connectivity index (χ0n) is 11.9. The number of primary amides is 1. The lowest BCUT2D eigenvalue weighted by Crippen LogP contribution is -2.15. The summed E-state index contributed by atoms with van der Waals surface area (Å²) < 4.78 is 0. The molecular weight excluding hydrogens is 252 g/mol. The predicted molar refractivity (Wildman–Crippen MR) is 81.0 cm³/mol. The van der Waals surface area contributed by atoms with Crippen LogP contribution in [0.4, 0.5) is 0 Å². The number of hydrogen-bond donors (Lipinski definition) is 2. The fourth-order valence-corrected chi connectivity index (χ4v) is 2.42. The monoisotopic (exact) mass is 272 g/mol. The normalized spacial score (nSPS) is 11.2. The summed E-state index contributed by atoms with van der Waals surface area (Å²) in [7, 11) is 4.02. The number of rotatable bonds is 5. The second kappa shape index (κ2) is 5.92. The number of nitrogens with zero attached hydrogens (tertiary/aromatic N) is 1. The molecule has 2 aromatic carbocycles. The number of carbonyl (C=O) groups excluding carboxylic acids is 1. The Bertz CT molecular complexity index is 636. The Morgan fingerprint density at radius 3 is 2.65 bits per heavy atom. The van der Waals surface area contributed by atoms with Crippen molar-refractivity contribution in [2.45, 2.75) is 12.8 Å². The van der Waals surface area contributed by atoms with Gasteiger partial charge in [0, 0.05) is 0 Å². The third kappa shape index (κ3) is 2.91. The number of amides is 1. The molecule has 106 valence electrons. The van der Waals surface area contributed by atoms with Crippen molar-refractivity contribution in [1.82, 2.24) is 4.90 Å². The number of nitrogens with two attached hydrogens (primary N) is 1. The zero-order valence-corrected chi connectivity index (χ0v) is 11.9. The van der Waals surface area contributed by atoms with Gasteiger partial charge in [0.25, 0.3) is 5.91 Å². The van der Waals surface area contributed by atoms with Crippen molar-refractivity contribution in [1.29, 1.82) is 0 Å². The van der Waals surface area contributed by atoms with E-state index in [1.165, 1.54) is 0 Å². The van der Waals surface area contributed by atoms with Gasteiger partial charge in [-0.2, -0.15) is 0 Å². The summed E-state index contributed by atoms with van der Waals surface area (Å²) in [5, 5.41) is 11.9. The van der Waals surface area contributed by atoms with Gasteiger partial charge in [-0.3, -0.25) is 4.79 Å². The first-order valence-corrected chi connectivity index (χ1v) is 6.69. The highest BCUT2D eigenvalue weighted by atomic mass is 16.3. The van der Waals surface area contributed by atoms with Crippen LogP contribution in [0.25, 0.3) is 10.8 Å². The summed E-state index contributed by atoms with van der Waals surface area (Å²) in [5.74, 6) is -0.567. The molecule has 0 aliphatic heterocycles. The van der Waals surface area contributed by atoms with Gasteiger partial charge in [0.1, 0.15) is 5.75 Å². The van der Waals surface area contributed by atoms with Crippen LogP contribution in [0, 0.1) is 0 Å². The average molecular weight is 272 g/mol. The Kier molecular flexibility index (Phi) is 4.25. The SMILES string of the molecule is CN(C)CCCc1cc2ccccc2c(C(N)=O)c1O. The van der Waals surface area contributed by atoms with Gasteiger partial charge < -0.3 is 15.7 Å². The predicted octanol–water partition coefficient (Wildman–Crippen LogP) is 2.14. The zero-order chi connectivity index (χ0) is 14.7. The van der Waals surface area contributed by atoms with Crippen molar-refractivity contribution in [3.63, 3.8) is 0 Å². The highest BCUT2D eigenvalue weighted by Crippen LogP contribution is 2.31. The van der Waals surface area contributed by atoms with Gasteiger partial charge in [0.15, 0.2) is 0 Å². The van der Waals surface area contributed by atoms with E-state index in [-0.39, 0.29) is 11.3 Å². The highest BCUT2D eigenvalue weighted by Gasteiger charge is 2.16. The molecule has 20 heavy (non-hydrogen) atoms. The van der Waals surface area contributed by atoms with Gasteiger partial charge in [-0.05, 0) is 55.9 Å². The molecule has 4 heteroatoms. The first kappa shape index (κ1) is 14.3. The fourth-order valence-electron chi connectivity index (χ4n) is 2.42. The van der Waals surface area contributed by atoms with E-state index in [1.807, 2.05) is 38.4 Å². The molecule has 0 fully saturated rings. The van der Waals surface area contributed by atoms with Gasteiger partial charge in [-0.15, -0.1) is 0 Å². The van der Waals surface area contributed by atoms with Crippen molar-refractivity contribution in [2.75, 3.05) is 20.6 Å².